The van der Waals surface area contributed by atoms with Crippen molar-refractivity contribution in [3.05, 3.63) is 48.3 Å². The molecule has 0 aliphatic heterocycles. The number of ether oxygens (including phenoxy) is 3. The van der Waals surface area contributed by atoms with E-state index < -0.39 is 6.03 Å². The fraction of sp³-hybridized carbons (Fsp3) is 0.235. The summed E-state index contributed by atoms with van der Waals surface area (Å²) in [7, 11) is 3.06. The van der Waals surface area contributed by atoms with E-state index in [2.05, 4.69) is 10.6 Å². The maximum atomic E-state index is 12.8. The molecule has 0 fully saturated rings. The summed E-state index contributed by atoms with van der Waals surface area (Å²) in [6, 6.07) is 10.4. The van der Waals surface area contributed by atoms with Crippen LogP contribution in [0.25, 0.3) is 0 Å². The number of nitrogens with one attached hydrogen (secondary N) is 2. The monoisotopic (exact) mass is 334 g/mol. The number of hydrogen-bond donors (Lipinski definition) is 2. The van der Waals surface area contributed by atoms with Crippen LogP contribution >= 0.6 is 0 Å². The van der Waals surface area contributed by atoms with Gasteiger partial charge in [0, 0.05) is 6.07 Å². The van der Waals surface area contributed by atoms with Crippen molar-refractivity contribution in [2.24, 2.45) is 0 Å². The summed E-state index contributed by atoms with van der Waals surface area (Å²) < 4.78 is 28.5. The summed E-state index contributed by atoms with van der Waals surface area (Å²) in [5, 5.41) is 5.34. The quantitative estimate of drug-likeness (QED) is 0.764. The first kappa shape index (κ1) is 17.4. The third-order valence-electron chi connectivity index (χ3n) is 3.12. The molecule has 0 saturated carbocycles. The van der Waals surface area contributed by atoms with Crippen LogP contribution in [0.1, 0.15) is 0 Å². The van der Waals surface area contributed by atoms with E-state index in [1.54, 1.807) is 25.3 Å². The minimum Gasteiger partial charge on any atom is -0.497 e. The molecule has 2 rings (SSSR count). The minimum absolute atomic E-state index is 0.258. The molecule has 7 heteroatoms. The number of methoxy groups -OCH3 is 2. The lowest BCUT2D eigenvalue weighted by Gasteiger charge is -2.12. The number of anilines is 1. The molecule has 2 aromatic rings. The van der Waals surface area contributed by atoms with Crippen LogP contribution in [0.4, 0.5) is 14.9 Å². The number of carbonyl (C=O) groups excluding carboxylic acids is 1. The fourth-order valence-electron chi connectivity index (χ4n) is 1.94. The predicted octanol–water partition coefficient (Wildman–Crippen LogP) is 3.04. The van der Waals surface area contributed by atoms with Crippen LogP contribution in [0.5, 0.6) is 17.2 Å². The molecular weight excluding hydrogens is 315 g/mol. The molecule has 2 aromatic carbocycles. The van der Waals surface area contributed by atoms with Crippen molar-refractivity contribution in [1.82, 2.24) is 5.32 Å². The Bertz CT molecular complexity index is 677. The highest BCUT2D eigenvalue weighted by atomic mass is 19.1. The molecule has 0 bridgehead atoms. The summed E-state index contributed by atoms with van der Waals surface area (Å²) in [6.07, 6.45) is 0. The third kappa shape index (κ3) is 5.05. The maximum Gasteiger partial charge on any atom is 0.319 e. The van der Waals surface area contributed by atoms with Gasteiger partial charge in [0.05, 0.1) is 26.5 Å². The Morgan fingerprint density at radius 2 is 1.75 bits per heavy atom. The Morgan fingerprint density at radius 3 is 2.42 bits per heavy atom. The first-order valence-electron chi connectivity index (χ1n) is 7.27. The van der Waals surface area contributed by atoms with E-state index in [4.69, 9.17) is 14.2 Å². The standard InChI is InChI=1S/C17H19FN2O4/c1-22-14-7-8-16(23-2)15(11-14)20-17(21)19-9-10-24-13-5-3-12(18)4-6-13/h3-8,11H,9-10H2,1-2H3,(H2,19,20,21). The minimum atomic E-state index is -0.399. The van der Waals surface area contributed by atoms with Gasteiger partial charge in [0.15, 0.2) is 0 Å². The van der Waals surface area contributed by atoms with Crippen molar-refractivity contribution in [2.45, 2.75) is 0 Å². The molecule has 0 aromatic heterocycles. The van der Waals surface area contributed by atoms with Gasteiger partial charge in [-0.2, -0.15) is 0 Å². The summed E-state index contributed by atoms with van der Waals surface area (Å²) in [5.41, 5.74) is 0.494. The van der Waals surface area contributed by atoms with Gasteiger partial charge in [-0.05, 0) is 36.4 Å². The molecule has 0 unspecified atom stereocenters. The second-order valence-corrected chi connectivity index (χ2v) is 4.75. The number of halogens is 1. The van der Waals surface area contributed by atoms with Crippen LogP contribution in [0.2, 0.25) is 0 Å². The smallest absolute Gasteiger partial charge is 0.319 e. The highest BCUT2D eigenvalue weighted by molar-refractivity contribution is 5.91. The van der Waals surface area contributed by atoms with E-state index >= 15 is 0 Å². The normalized spacial score (nSPS) is 9.96. The number of urea groups is 1. The highest BCUT2D eigenvalue weighted by Gasteiger charge is 2.08. The Morgan fingerprint density at radius 1 is 1.04 bits per heavy atom. The molecule has 0 aliphatic carbocycles. The first-order chi connectivity index (χ1) is 11.6. The Labute approximate surface area is 139 Å². The van der Waals surface area contributed by atoms with Crippen molar-refractivity contribution in [2.75, 3.05) is 32.7 Å². The van der Waals surface area contributed by atoms with Gasteiger partial charge in [0.2, 0.25) is 0 Å². The lowest BCUT2D eigenvalue weighted by Crippen LogP contribution is -2.32. The molecule has 0 spiro atoms. The van der Waals surface area contributed by atoms with Crippen molar-refractivity contribution in [3.63, 3.8) is 0 Å². The average molecular weight is 334 g/mol. The number of hydrogen-bond acceptors (Lipinski definition) is 4. The maximum absolute atomic E-state index is 12.8. The summed E-state index contributed by atoms with van der Waals surface area (Å²) in [6.45, 7) is 0.545. The topological polar surface area (TPSA) is 68.8 Å². The number of amides is 2. The van der Waals surface area contributed by atoms with Crippen molar-refractivity contribution in [1.29, 1.82) is 0 Å². The molecule has 128 valence electrons. The fourth-order valence-corrected chi connectivity index (χ4v) is 1.94. The molecule has 2 N–H and O–H groups in total. The van der Waals surface area contributed by atoms with Gasteiger partial charge >= 0.3 is 6.03 Å². The SMILES string of the molecule is COc1ccc(OC)c(NC(=O)NCCOc2ccc(F)cc2)c1. The van der Waals surface area contributed by atoms with Gasteiger partial charge in [-0.1, -0.05) is 0 Å². The third-order valence-corrected chi connectivity index (χ3v) is 3.12. The summed E-state index contributed by atoms with van der Waals surface area (Å²) >= 11 is 0. The summed E-state index contributed by atoms with van der Waals surface area (Å²) in [4.78, 5) is 11.9. The van der Waals surface area contributed by atoms with Gasteiger partial charge in [-0.15, -0.1) is 0 Å². The van der Waals surface area contributed by atoms with E-state index in [0.29, 0.717) is 22.9 Å². The van der Waals surface area contributed by atoms with E-state index in [1.807, 2.05) is 0 Å². The van der Waals surface area contributed by atoms with Crippen LogP contribution in [0.3, 0.4) is 0 Å². The zero-order valence-corrected chi connectivity index (χ0v) is 13.5. The van der Waals surface area contributed by atoms with E-state index in [-0.39, 0.29) is 19.0 Å². The van der Waals surface area contributed by atoms with Crippen molar-refractivity contribution in [3.8, 4) is 17.2 Å². The summed E-state index contributed by atoms with van der Waals surface area (Å²) in [5.74, 6) is 1.33. The number of benzene rings is 2. The second kappa shape index (κ2) is 8.61. The number of carbonyl (C=O) groups is 1. The van der Waals surface area contributed by atoms with Crippen LogP contribution in [-0.2, 0) is 0 Å². The average Bonchev–Trinajstić information content (AvgIpc) is 2.60. The van der Waals surface area contributed by atoms with E-state index in [1.165, 1.54) is 31.4 Å². The molecular formula is C17H19FN2O4. The van der Waals surface area contributed by atoms with Gasteiger partial charge in [-0.3, -0.25) is 0 Å². The van der Waals surface area contributed by atoms with Gasteiger partial charge in [-0.25, -0.2) is 9.18 Å². The second-order valence-electron chi connectivity index (χ2n) is 4.75. The molecule has 0 radical (unpaired) electrons. The predicted molar refractivity (Wildman–Crippen MR) is 88.5 cm³/mol. The Kier molecular flexibility index (Phi) is 6.24. The van der Waals surface area contributed by atoms with E-state index in [0.717, 1.165) is 0 Å². The molecule has 0 heterocycles. The Hall–Kier alpha value is -2.96. The molecule has 2 amide bonds. The lowest BCUT2D eigenvalue weighted by atomic mass is 10.2. The number of rotatable bonds is 7. The van der Waals surface area contributed by atoms with Crippen LogP contribution in [0, 0.1) is 5.82 Å². The zero-order valence-electron chi connectivity index (χ0n) is 13.5. The van der Waals surface area contributed by atoms with Crippen LogP contribution in [-0.4, -0.2) is 33.4 Å². The molecule has 0 aliphatic rings. The van der Waals surface area contributed by atoms with Crippen molar-refractivity contribution >= 4 is 11.7 Å². The lowest BCUT2D eigenvalue weighted by molar-refractivity contribution is 0.247. The molecule has 0 saturated heterocycles. The van der Waals surface area contributed by atoms with Crippen LogP contribution < -0.4 is 24.8 Å². The Balaban J connectivity index is 1.80. The van der Waals surface area contributed by atoms with Gasteiger partial charge in [0.25, 0.3) is 0 Å². The van der Waals surface area contributed by atoms with Gasteiger partial charge in [0.1, 0.15) is 29.7 Å². The molecule has 0 atom stereocenters. The largest absolute Gasteiger partial charge is 0.497 e. The van der Waals surface area contributed by atoms with E-state index in [9.17, 15) is 9.18 Å². The van der Waals surface area contributed by atoms with Crippen LogP contribution in [0.15, 0.2) is 42.5 Å². The molecule has 6 nitrogen and oxygen atoms in total. The highest BCUT2D eigenvalue weighted by Crippen LogP contribution is 2.28. The van der Waals surface area contributed by atoms with Gasteiger partial charge < -0.3 is 24.8 Å². The van der Waals surface area contributed by atoms with Crippen molar-refractivity contribution < 1.29 is 23.4 Å². The molecule has 24 heavy (non-hydrogen) atoms. The zero-order chi connectivity index (χ0) is 17.4. The first-order valence-corrected chi connectivity index (χ1v) is 7.27.